The van der Waals surface area contributed by atoms with Crippen molar-refractivity contribution in [3.8, 4) is 0 Å². The van der Waals surface area contributed by atoms with Gasteiger partial charge in [0.15, 0.2) is 0 Å². The maximum absolute atomic E-state index is 2.36. The molecule has 0 aliphatic rings. The first kappa shape index (κ1) is 10.0. The lowest BCUT2D eigenvalue weighted by molar-refractivity contribution is 0.364. The van der Waals surface area contributed by atoms with Gasteiger partial charge >= 0.3 is 0 Å². The summed E-state index contributed by atoms with van der Waals surface area (Å²) in [4.78, 5) is 0. The van der Waals surface area contributed by atoms with Crippen molar-refractivity contribution in [2.45, 2.75) is 53.4 Å². The van der Waals surface area contributed by atoms with Gasteiger partial charge in [-0.1, -0.05) is 47.0 Å². The average molecular weight is 142 g/mol. The van der Waals surface area contributed by atoms with Gasteiger partial charge in [-0.15, -0.1) is 0 Å². The molecule has 0 aromatic rings. The van der Waals surface area contributed by atoms with E-state index in [4.69, 9.17) is 0 Å². The van der Waals surface area contributed by atoms with Crippen LogP contribution < -0.4 is 0 Å². The summed E-state index contributed by atoms with van der Waals surface area (Å²) in [6.45, 7) is 9.25. The van der Waals surface area contributed by atoms with Gasteiger partial charge in [0.2, 0.25) is 0 Å². The average Bonchev–Trinajstić information content (AvgIpc) is 1.99. The highest BCUT2D eigenvalue weighted by Gasteiger charge is 2.07. The Morgan fingerprint density at radius 3 is 1.70 bits per heavy atom. The van der Waals surface area contributed by atoms with Crippen molar-refractivity contribution in [3.05, 3.63) is 0 Å². The standard InChI is InChI=1S/C10H22/c1-5-9(4)8-10(6-2)7-3/h9-10H,5-8H2,1-4H3/t9-/m0/s1. The van der Waals surface area contributed by atoms with E-state index in [0.29, 0.717) is 0 Å². The Balaban J connectivity index is 3.41. The lowest BCUT2D eigenvalue weighted by atomic mass is 9.90. The van der Waals surface area contributed by atoms with E-state index < -0.39 is 0 Å². The van der Waals surface area contributed by atoms with Crippen LogP contribution in [-0.4, -0.2) is 0 Å². The van der Waals surface area contributed by atoms with E-state index in [1.165, 1.54) is 25.7 Å². The summed E-state index contributed by atoms with van der Waals surface area (Å²) in [6, 6.07) is 0. The Hall–Kier alpha value is 0. The first-order valence-corrected chi connectivity index (χ1v) is 4.74. The van der Waals surface area contributed by atoms with E-state index in [0.717, 1.165) is 11.8 Å². The Morgan fingerprint density at radius 2 is 1.40 bits per heavy atom. The van der Waals surface area contributed by atoms with E-state index in [1.54, 1.807) is 0 Å². The van der Waals surface area contributed by atoms with E-state index in [-0.39, 0.29) is 0 Å². The molecule has 0 aromatic carbocycles. The fraction of sp³-hybridized carbons (Fsp3) is 1.00. The molecule has 0 radical (unpaired) electrons. The molecule has 0 saturated carbocycles. The zero-order valence-electron chi connectivity index (χ0n) is 7.98. The molecule has 0 saturated heterocycles. The van der Waals surface area contributed by atoms with E-state index in [2.05, 4.69) is 27.7 Å². The van der Waals surface area contributed by atoms with Crippen molar-refractivity contribution in [2.24, 2.45) is 11.8 Å². The Bertz CT molecular complexity index is 62.4. The second kappa shape index (κ2) is 5.76. The third-order valence-electron chi connectivity index (χ3n) is 2.59. The fourth-order valence-electron chi connectivity index (χ4n) is 1.36. The predicted octanol–water partition coefficient (Wildman–Crippen LogP) is 3.86. The van der Waals surface area contributed by atoms with Crippen LogP contribution in [0.4, 0.5) is 0 Å². The summed E-state index contributed by atoms with van der Waals surface area (Å²) in [6.07, 6.45) is 5.50. The van der Waals surface area contributed by atoms with Crippen LogP contribution in [0.5, 0.6) is 0 Å². The first-order chi connectivity index (χ1) is 4.74. The van der Waals surface area contributed by atoms with Crippen LogP contribution in [0, 0.1) is 11.8 Å². The summed E-state index contributed by atoms with van der Waals surface area (Å²) < 4.78 is 0. The Kier molecular flexibility index (Phi) is 5.76. The summed E-state index contributed by atoms with van der Waals surface area (Å²) in [5.74, 6) is 1.92. The van der Waals surface area contributed by atoms with Crippen molar-refractivity contribution in [2.75, 3.05) is 0 Å². The molecule has 0 spiro atoms. The highest BCUT2D eigenvalue weighted by molar-refractivity contribution is 4.59. The third-order valence-corrected chi connectivity index (χ3v) is 2.59. The minimum Gasteiger partial charge on any atom is -0.0651 e. The lowest BCUT2D eigenvalue weighted by Crippen LogP contribution is -2.03. The summed E-state index contributed by atoms with van der Waals surface area (Å²) in [5.41, 5.74) is 0. The Labute approximate surface area is 66.0 Å². The van der Waals surface area contributed by atoms with Crippen molar-refractivity contribution in [3.63, 3.8) is 0 Å². The van der Waals surface area contributed by atoms with Crippen LogP contribution >= 0.6 is 0 Å². The molecule has 0 nitrogen and oxygen atoms in total. The topological polar surface area (TPSA) is 0 Å². The monoisotopic (exact) mass is 142 g/mol. The van der Waals surface area contributed by atoms with Crippen LogP contribution in [0.15, 0.2) is 0 Å². The lowest BCUT2D eigenvalue weighted by Gasteiger charge is -2.16. The minimum absolute atomic E-state index is 0.935. The molecule has 0 aromatic heterocycles. The normalized spacial score (nSPS) is 14.1. The maximum atomic E-state index is 2.36. The van der Waals surface area contributed by atoms with Crippen LogP contribution in [-0.2, 0) is 0 Å². The Morgan fingerprint density at radius 1 is 0.900 bits per heavy atom. The number of hydrogen-bond acceptors (Lipinski definition) is 0. The zero-order chi connectivity index (χ0) is 7.98. The van der Waals surface area contributed by atoms with Gasteiger partial charge in [0, 0.05) is 0 Å². The molecule has 1 atom stereocenters. The van der Waals surface area contributed by atoms with Crippen LogP contribution in [0.1, 0.15) is 53.4 Å². The van der Waals surface area contributed by atoms with Crippen LogP contribution in [0.25, 0.3) is 0 Å². The molecule has 0 heteroatoms. The largest absolute Gasteiger partial charge is 0.0651 e. The summed E-state index contributed by atoms with van der Waals surface area (Å²) >= 11 is 0. The van der Waals surface area contributed by atoms with Crippen molar-refractivity contribution >= 4 is 0 Å². The molecular weight excluding hydrogens is 120 g/mol. The minimum atomic E-state index is 0.935. The predicted molar refractivity (Wildman–Crippen MR) is 48.1 cm³/mol. The maximum Gasteiger partial charge on any atom is -0.0417 e. The van der Waals surface area contributed by atoms with Crippen molar-refractivity contribution in [1.29, 1.82) is 0 Å². The van der Waals surface area contributed by atoms with Crippen molar-refractivity contribution < 1.29 is 0 Å². The van der Waals surface area contributed by atoms with Crippen LogP contribution in [0.3, 0.4) is 0 Å². The van der Waals surface area contributed by atoms with Crippen molar-refractivity contribution in [1.82, 2.24) is 0 Å². The number of rotatable bonds is 5. The van der Waals surface area contributed by atoms with Gasteiger partial charge in [0.05, 0.1) is 0 Å². The second-order valence-electron chi connectivity index (χ2n) is 3.43. The summed E-state index contributed by atoms with van der Waals surface area (Å²) in [5, 5.41) is 0. The van der Waals surface area contributed by atoms with Gasteiger partial charge in [-0.05, 0) is 18.3 Å². The van der Waals surface area contributed by atoms with E-state index in [9.17, 15) is 0 Å². The first-order valence-electron chi connectivity index (χ1n) is 4.74. The molecule has 10 heavy (non-hydrogen) atoms. The molecule has 0 bridgehead atoms. The van der Waals surface area contributed by atoms with E-state index in [1.807, 2.05) is 0 Å². The highest BCUT2D eigenvalue weighted by atomic mass is 14.1. The van der Waals surface area contributed by atoms with Gasteiger partial charge in [-0.3, -0.25) is 0 Å². The van der Waals surface area contributed by atoms with Gasteiger partial charge in [0.25, 0.3) is 0 Å². The molecule has 0 fully saturated rings. The molecule has 0 amide bonds. The van der Waals surface area contributed by atoms with Gasteiger partial charge in [-0.2, -0.15) is 0 Å². The number of hydrogen-bond donors (Lipinski definition) is 0. The zero-order valence-corrected chi connectivity index (χ0v) is 7.98. The SMILES string of the molecule is CCC(CC)C[C@@H](C)CC. The van der Waals surface area contributed by atoms with Gasteiger partial charge < -0.3 is 0 Å². The second-order valence-corrected chi connectivity index (χ2v) is 3.43. The molecule has 0 aliphatic heterocycles. The summed E-state index contributed by atoms with van der Waals surface area (Å²) in [7, 11) is 0. The smallest absolute Gasteiger partial charge is 0.0417 e. The van der Waals surface area contributed by atoms with E-state index >= 15 is 0 Å². The van der Waals surface area contributed by atoms with Gasteiger partial charge in [-0.25, -0.2) is 0 Å². The van der Waals surface area contributed by atoms with Gasteiger partial charge in [0.1, 0.15) is 0 Å². The molecule has 0 N–H and O–H groups in total. The molecule has 62 valence electrons. The molecule has 0 aliphatic carbocycles. The van der Waals surface area contributed by atoms with Crippen LogP contribution in [0.2, 0.25) is 0 Å². The fourth-order valence-corrected chi connectivity index (χ4v) is 1.36. The quantitative estimate of drug-likeness (QED) is 0.547. The molecule has 0 heterocycles. The molecule has 0 rings (SSSR count). The molecular formula is C10H22. The molecule has 0 unspecified atom stereocenters. The third kappa shape index (κ3) is 3.92. The highest BCUT2D eigenvalue weighted by Crippen LogP contribution is 2.20.